The van der Waals surface area contributed by atoms with Crippen molar-refractivity contribution < 1.29 is 19.0 Å². The lowest BCUT2D eigenvalue weighted by atomic mass is 10.0. The number of amides is 2. The van der Waals surface area contributed by atoms with E-state index in [1.165, 1.54) is 11.5 Å². The van der Waals surface area contributed by atoms with Crippen molar-refractivity contribution in [2.75, 3.05) is 38.8 Å². The Hall–Kier alpha value is -2.39. The number of hydrogen-bond acceptors (Lipinski definition) is 7. The third-order valence-corrected chi connectivity index (χ3v) is 5.34. The molecule has 27 heavy (non-hydrogen) atoms. The minimum Gasteiger partial charge on any atom is -0.486 e. The molecule has 1 unspecified atom stereocenters. The Morgan fingerprint density at radius 1 is 1.37 bits per heavy atom. The van der Waals surface area contributed by atoms with Gasteiger partial charge in [0.05, 0.1) is 12.6 Å². The van der Waals surface area contributed by atoms with Gasteiger partial charge in [-0.05, 0) is 30.5 Å². The van der Waals surface area contributed by atoms with Crippen LogP contribution in [0, 0.1) is 0 Å². The summed E-state index contributed by atoms with van der Waals surface area (Å²) < 4.78 is 20.5. The van der Waals surface area contributed by atoms with E-state index in [-0.39, 0.29) is 12.1 Å². The number of likely N-dealkylation sites (tertiary alicyclic amines) is 1. The number of carbonyl (C=O) groups excluding carboxylic acids is 1. The average Bonchev–Trinajstić information content (AvgIpc) is 3.35. The zero-order chi connectivity index (χ0) is 18.6. The van der Waals surface area contributed by atoms with E-state index in [4.69, 9.17) is 14.2 Å². The molecule has 0 bridgehead atoms. The van der Waals surface area contributed by atoms with Gasteiger partial charge in [0.25, 0.3) is 0 Å². The maximum atomic E-state index is 12.8. The van der Waals surface area contributed by atoms with Crippen molar-refractivity contribution in [3.8, 4) is 11.5 Å². The summed E-state index contributed by atoms with van der Waals surface area (Å²) in [7, 11) is 1.64. The van der Waals surface area contributed by atoms with Gasteiger partial charge in [0.15, 0.2) is 11.5 Å². The molecule has 1 atom stereocenters. The van der Waals surface area contributed by atoms with Gasteiger partial charge < -0.3 is 19.1 Å². The van der Waals surface area contributed by atoms with Crippen LogP contribution in [0.2, 0.25) is 0 Å². The van der Waals surface area contributed by atoms with Crippen LogP contribution in [0.4, 0.5) is 9.93 Å². The van der Waals surface area contributed by atoms with Crippen LogP contribution in [0.15, 0.2) is 18.2 Å². The lowest BCUT2D eigenvalue weighted by Gasteiger charge is -2.26. The van der Waals surface area contributed by atoms with Crippen LogP contribution in [0.25, 0.3) is 0 Å². The maximum absolute atomic E-state index is 12.8. The van der Waals surface area contributed by atoms with E-state index in [1.54, 1.807) is 7.11 Å². The van der Waals surface area contributed by atoms with Crippen molar-refractivity contribution in [3.05, 3.63) is 29.6 Å². The predicted octanol–water partition coefficient (Wildman–Crippen LogP) is 2.87. The summed E-state index contributed by atoms with van der Waals surface area (Å²) in [5.74, 6) is 2.19. The Morgan fingerprint density at radius 3 is 3.07 bits per heavy atom. The van der Waals surface area contributed by atoms with Crippen LogP contribution in [0.5, 0.6) is 11.5 Å². The van der Waals surface area contributed by atoms with E-state index in [9.17, 15) is 4.79 Å². The number of benzene rings is 1. The molecule has 8 nitrogen and oxygen atoms in total. The topological polar surface area (TPSA) is 85.8 Å². The monoisotopic (exact) mass is 390 g/mol. The van der Waals surface area contributed by atoms with E-state index in [2.05, 4.69) is 14.7 Å². The Balaban J connectivity index is 1.44. The van der Waals surface area contributed by atoms with E-state index in [0.29, 0.717) is 43.7 Å². The number of rotatable bonds is 5. The smallest absolute Gasteiger partial charge is 0.324 e. The van der Waals surface area contributed by atoms with Crippen molar-refractivity contribution >= 4 is 22.7 Å². The van der Waals surface area contributed by atoms with Gasteiger partial charge in [0.1, 0.15) is 19.0 Å². The molecule has 0 spiro atoms. The van der Waals surface area contributed by atoms with E-state index in [0.717, 1.165) is 29.9 Å². The van der Waals surface area contributed by atoms with E-state index >= 15 is 0 Å². The Bertz CT molecular complexity index is 812. The number of ether oxygens (including phenoxy) is 3. The van der Waals surface area contributed by atoms with Crippen LogP contribution in [-0.4, -0.2) is 53.8 Å². The van der Waals surface area contributed by atoms with E-state index in [1.807, 2.05) is 23.1 Å². The number of nitrogens with zero attached hydrogens (tertiary/aromatic N) is 3. The molecule has 2 amide bonds. The second kappa shape index (κ2) is 8.10. The highest BCUT2D eigenvalue weighted by atomic mass is 32.1. The molecule has 1 N–H and O–H groups in total. The molecule has 1 aromatic heterocycles. The standard InChI is InChI=1S/C18H22N4O4S/c1-24-8-6-16-19-17(27-21-16)20-18(23)22-7-2-3-13(22)12-4-5-14-15(11-12)26-10-9-25-14/h4-5,11,13H,2-3,6-10H2,1H3,(H,19,20,21,23). The molecular formula is C18H22N4O4S. The summed E-state index contributed by atoms with van der Waals surface area (Å²) in [4.78, 5) is 19.0. The van der Waals surface area contributed by atoms with E-state index < -0.39 is 0 Å². The van der Waals surface area contributed by atoms with Crippen molar-refractivity contribution in [1.82, 2.24) is 14.3 Å². The molecule has 2 aliphatic rings. The summed E-state index contributed by atoms with van der Waals surface area (Å²) in [5, 5.41) is 3.39. The summed E-state index contributed by atoms with van der Waals surface area (Å²) in [6.45, 7) is 2.38. The van der Waals surface area contributed by atoms with Gasteiger partial charge in [-0.25, -0.2) is 9.78 Å². The highest BCUT2D eigenvalue weighted by Crippen LogP contribution is 2.38. The number of hydrogen-bond donors (Lipinski definition) is 1. The van der Waals surface area contributed by atoms with Crippen molar-refractivity contribution in [1.29, 1.82) is 0 Å². The molecule has 2 aromatic rings. The van der Waals surface area contributed by atoms with Gasteiger partial charge in [-0.3, -0.25) is 5.32 Å². The Morgan fingerprint density at radius 2 is 2.22 bits per heavy atom. The second-order valence-electron chi connectivity index (χ2n) is 6.44. The average molecular weight is 390 g/mol. The minimum absolute atomic E-state index is 0.0155. The number of aromatic nitrogens is 2. The summed E-state index contributed by atoms with van der Waals surface area (Å²) in [5.41, 5.74) is 1.06. The molecule has 0 saturated carbocycles. The highest BCUT2D eigenvalue weighted by Gasteiger charge is 2.31. The van der Waals surface area contributed by atoms with Crippen molar-refractivity contribution in [2.45, 2.75) is 25.3 Å². The number of methoxy groups -OCH3 is 1. The summed E-state index contributed by atoms with van der Waals surface area (Å²) in [6.07, 6.45) is 2.51. The molecule has 3 heterocycles. The molecule has 1 aromatic carbocycles. The highest BCUT2D eigenvalue weighted by molar-refractivity contribution is 7.09. The molecular weight excluding hydrogens is 368 g/mol. The fourth-order valence-electron chi connectivity index (χ4n) is 3.39. The van der Waals surface area contributed by atoms with Crippen LogP contribution in [-0.2, 0) is 11.2 Å². The fourth-order valence-corrected chi connectivity index (χ4v) is 3.99. The number of carbonyl (C=O) groups is 1. The fraction of sp³-hybridized carbons (Fsp3) is 0.500. The molecule has 9 heteroatoms. The van der Waals surface area contributed by atoms with Gasteiger partial charge in [0.2, 0.25) is 5.13 Å². The molecule has 0 radical (unpaired) electrons. The molecule has 0 aliphatic carbocycles. The first-order chi connectivity index (χ1) is 13.2. The zero-order valence-corrected chi connectivity index (χ0v) is 16.0. The van der Waals surface area contributed by atoms with Crippen LogP contribution < -0.4 is 14.8 Å². The number of fused-ring (bicyclic) bond motifs is 1. The first-order valence-corrected chi connectivity index (χ1v) is 9.80. The van der Waals surface area contributed by atoms with Crippen LogP contribution >= 0.6 is 11.5 Å². The van der Waals surface area contributed by atoms with Gasteiger partial charge in [-0.15, -0.1) is 0 Å². The zero-order valence-electron chi connectivity index (χ0n) is 15.1. The number of urea groups is 1. The lowest BCUT2D eigenvalue weighted by Crippen LogP contribution is -2.34. The molecule has 4 rings (SSSR count). The van der Waals surface area contributed by atoms with Crippen molar-refractivity contribution in [2.24, 2.45) is 0 Å². The predicted molar refractivity (Wildman–Crippen MR) is 101 cm³/mol. The first kappa shape index (κ1) is 18.0. The lowest BCUT2D eigenvalue weighted by molar-refractivity contribution is 0.170. The summed E-state index contributed by atoms with van der Waals surface area (Å²) >= 11 is 1.19. The molecule has 144 valence electrons. The number of anilines is 1. The van der Waals surface area contributed by atoms with Crippen LogP contribution in [0.1, 0.15) is 30.3 Å². The van der Waals surface area contributed by atoms with Gasteiger partial charge >= 0.3 is 6.03 Å². The number of nitrogens with one attached hydrogen (secondary N) is 1. The van der Waals surface area contributed by atoms with Crippen LogP contribution in [0.3, 0.4) is 0 Å². The molecule has 1 saturated heterocycles. The quantitative estimate of drug-likeness (QED) is 0.845. The minimum atomic E-state index is -0.151. The third kappa shape index (κ3) is 3.98. The first-order valence-electron chi connectivity index (χ1n) is 9.03. The molecule has 1 fully saturated rings. The molecule has 2 aliphatic heterocycles. The maximum Gasteiger partial charge on any atom is 0.324 e. The SMILES string of the molecule is COCCc1nsc(NC(=O)N2CCCC2c2ccc3c(c2)OCCO3)n1. The Labute approximate surface area is 161 Å². The second-order valence-corrected chi connectivity index (χ2v) is 7.20. The van der Waals surface area contributed by atoms with Gasteiger partial charge in [-0.1, -0.05) is 6.07 Å². The Kier molecular flexibility index (Phi) is 5.40. The van der Waals surface area contributed by atoms with Crippen molar-refractivity contribution in [3.63, 3.8) is 0 Å². The summed E-state index contributed by atoms with van der Waals surface area (Å²) in [6, 6.07) is 5.78. The van der Waals surface area contributed by atoms with Gasteiger partial charge in [0, 0.05) is 31.6 Å². The third-order valence-electron chi connectivity index (χ3n) is 4.68. The van der Waals surface area contributed by atoms with Gasteiger partial charge in [-0.2, -0.15) is 4.37 Å². The normalized spacial score (nSPS) is 18.6. The largest absolute Gasteiger partial charge is 0.486 e.